The van der Waals surface area contributed by atoms with Gasteiger partial charge in [0.15, 0.2) is 4.96 Å². The zero-order chi connectivity index (χ0) is 14.1. The van der Waals surface area contributed by atoms with Crippen molar-refractivity contribution in [1.82, 2.24) is 14.7 Å². The molecule has 1 aliphatic carbocycles. The molecule has 5 heteroatoms. The Kier molecular flexibility index (Phi) is 3.98. The van der Waals surface area contributed by atoms with Gasteiger partial charge in [-0.25, -0.2) is 0 Å². The van der Waals surface area contributed by atoms with Gasteiger partial charge in [0.1, 0.15) is 5.69 Å². The third kappa shape index (κ3) is 2.56. The first kappa shape index (κ1) is 13.9. The molecule has 3 unspecified atom stereocenters. The van der Waals surface area contributed by atoms with E-state index in [9.17, 15) is 0 Å². The van der Waals surface area contributed by atoms with E-state index < -0.39 is 0 Å². The molecule has 1 N–H and O–H groups in total. The van der Waals surface area contributed by atoms with E-state index in [0.29, 0.717) is 6.04 Å². The number of fused-ring (bicyclic) bond motifs is 1. The summed E-state index contributed by atoms with van der Waals surface area (Å²) in [6, 6.07) is 0.611. The molecular formula is C15H23N3OS. The predicted octanol–water partition coefficient (Wildman–Crippen LogP) is 3.32. The summed E-state index contributed by atoms with van der Waals surface area (Å²) in [7, 11) is 1.70. The second-order valence-electron chi connectivity index (χ2n) is 6.01. The third-order valence-corrected chi connectivity index (χ3v) is 5.24. The molecule has 0 bridgehead atoms. The molecule has 0 spiro atoms. The number of rotatable bonds is 4. The van der Waals surface area contributed by atoms with Gasteiger partial charge in [0.25, 0.3) is 0 Å². The monoisotopic (exact) mass is 293 g/mol. The van der Waals surface area contributed by atoms with Gasteiger partial charge < -0.3 is 10.1 Å². The van der Waals surface area contributed by atoms with Crippen LogP contribution in [0.1, 0.15) is 38.8 Å². The number of methoxy groups -OCH3 is 1. The minimum absolute atomic E-state index is 0.611. The lowest BCUT2D eigenvalue weighted by Gasteiger charge is -2.33. The molecule has 1 fully saturated rings. The van der Waals surface area contributed by atoms with Crippen molar-refractivity contribution in [2.75, 3.05) is 7.11 Å². The van der Waals surface area contributed by atoms with Crippen molar-refractivity contribution in [3.8, 4) is 5.88 Å². The highest BCUT2D eigenvalue weighted by Gasteiger charge is 2.25. The number of imidazole rings is 1. The highest BCUT2D eigenvalue weighted by Crippen LogP contribution is 2.29. The first-order chi connectivity index (χ1) is 9.69. The molecule has 4 nitrogen and oxygen atoms in total. The van der Waals surface area contributed by atoms with Gasteiger partial charge in [-0.15, -0.1) is 11.3 Å². The van der Waals surface area contributed by atoms with Crippen molar-refractivity contribution in [2.45, 2.75) is 45.7 Å². The van der Waals surface area contributed by atoms with Crippen LogP contribution >= 0.6 is 11.3 Å². The number of nitrogens with zero attached hydrogens (tertiary/aromatic N) is 2. The van der Waals surface area contributed by atoms with Crippen molar-refractivity contribution in [3.05, 3.63) is 17.3 Å². The number of nitrogens with one attached hydrogen (secondary N) is 1. The van der Waals surface area contributed by atoms with Crippen LogP contribution in [0.2, 0.25) is 0 Å². The van der Waals surface area contributed by atoms with E-state index in [4.69, 9.17) is 4.74 Å². The lowest BCUT2D eigenvalue weighted by molar-refractivity contribution is 0.226. The minimum Gasteiger partial charge on any atom is -0.480 e. The van der Waals surface area contributed by atoms with Crippen LogP contribution in [-0.2, 0) is 6.54 Å². The Labute approximate surface area is 124 Å². The van der Waals surface area contributed by atoms with E-state index in [0.717, 1.165) is 34.9 Å². The number of hydrogen-bond donors (Lipinski definition) is 1. The molecule has 2 aromatic heterocycles. The van der Waals surface area contributed by atoms with E-state index in [2.05, 4.69) is 40.1 Å². The summed E-state index contributed by atoms with van der Waals surface area (Å²) in [6.07, 6.45) is 6.00. The number of ether oxygens (including phenoxy) is 1. The first-order valence-corrected chi connectivity index (χ1v) is 8.28. The molecule has 3 rings (SSSR count). The second-order valence-corrected chi connectivity index (χ2v) is 6.88. The summed E-state index contributed by atoms with van der Waals surface area (Å²) in [5.74, 6) is 2.37. The zero-order valence-corrected chi connectivity index (χ0v) is 13.2. The summed E-state index contributed by atoms with van der Waals surface area (Å²) in [5, 5.41) is 5.78. The molecule has 0 aliphatic heterocycles. The van der Waals surface area contributed by atoms with Crippen LogP contribution in [0.3, 0.4) is 0 Å². The van der Waals surface area contributed by atoms with Crippen LogP contribution in [0, 0.1) is 11.8 Å². The SMILES string of the molecule is COc1nc2sccn2c1CNC1CCC(C)CC1C. The largest absolute Gasteiger partial charge is 0.480 e. The van der Waals surface area contributed by atoms with Gasteiger partial charge in [0.05, 0.1) is 7.11 Å². The van der Waals surface area contributed by atoms with Gasteiger partial charge in [-0.05, 0) is 31.1 Å². The van der Waals surface area contributed by atoms with Gasteiger partial charge in [-0.3, -0.25) is 4.40 Å². The highest BCUT2D eigenvalue weighted by molar-refractivity contribution is 7.15. The summed E-state index contributed by atoms with van der Waals surface area (Å²) in [5.41, 5.74) is 1.13. The van der Waals surface area contributed by atoms with Crippen molar-refractivity contribution in [1.29, 1.82) is 0 Å². The van der Waals surface area contributed by atoms with Crippen LogP contribution in [0.25, 0.3) is 4.96 Å². The average molecular weight is 293 g/mol. The van der Waals surface area contributed by atoms with Crippen molar-refractivity contribution >= 4 is 16.3 Å². The van der Waals surface area contributed by atoms with Crippen LogP contribution in [0.15, 0.2) is 11.6 Å². The smallest absolute Gasteiger partial charge is 0.237 e. The van der Waals surface area contributed by atoms with Crippen molar-refractivity contribution < 1.29 is 4.74 Å². The molecular weight excluding hydrogens is 270 g/mol. The van der Waals surface area contributed by atoms with Crippen LogP contribution in [0.4, 0.5) is 0 Å². The zero-order valence-electron chi connectivity index (χ0n) is 12.4. The normalized spacial score (nSPS) is 27.1. The molecule has 0 amide bonds. The Morgan fingerprint density at radius 3 is 3.05 bits per heavy atom. The van der Waals surface area contributed by atoms with Crippen molar-refractivity contribution in [3.63, 3.8) is 0 Å². The van der Waals surface area contributed by atoms with Crippen LogP contribution in [-0.4, -0.2) is 22.5 Å². The Balaban J connectivity index is 1.71. The summed E-state index contributed by atoms with van der Waals surface area (Å²) in [6.45, 7) is 5.55. The fraction of sp³-hybridized carbons (Fsp3) is 0.667. The molecule has 1 aliphatic rings. The Bertz CT molecular complexity index is 577. The number of hydrogen-bond acceptors (Lipinski definition) is 4. The lowest BCUT2D eigenvalue weighted by atomic mass is 9.80. The van der Waals surface area contributed by atoms with Crippen LogP contribution < -0.4 is 10.1 Å². The van der Waals surface area contributed by atoms with Gasteiger partial charge in [-0.2, -0.15) is 4.98 Å². The van der Waals surface area contributed by atoms with E-state index >= 15 is 0 Å². The Morgan fingerprint density at radius 1 is 1.45 bits per heavy atom. The first-order valence-electron chi connectivity index (χ1n) is 7.40. The Hall–Kier alpha value is -1.07. The minimum atomic E-state index is 0.611. The molecule has 1 saturated carbocycles. The molecule has 2 heterocycles. The van der Waals surface area contributed by atoms with Gasteiger partial charge in [0, 0.05) is 24.2 Å². The average Bonchev–Trinajstić information content (AvgIpc) is 2.98. The van der Waals surface area contributed by atoms with E-state index in [1.165, 1.54) is 19.3 Å². The summed E-state index contributed by atoms with van der Waals surface area (Å²) in [4.78, 5) is 5.51. The maximum absolute atomic E-state index is 5.41. The molecule has 0 aromatic carbocycles. The van der Waals surface area contributed by atoms with Crippen molar-refractivity contribution in [2.24, 2.45) is 11.8 Å². The maximum Gasteiger partial charge on any atom is 0.237 e. The third-order valence-electron chi connectivity index (χ3n) is 4.48. The molecule has 20 heavy (non-hydrogen) atoms. The summed E-state index contributed by atoms with van der Waals surface area (Å²) < 4.78 is 7.54. The van der Waals surface area contributed by atoms with Gasteiger partial charge >= 0.3 is 0 Å². The van der Waals surface area contributed by atoms with Gasteiger partial charge in [0.2, 0.25) is 5.88 Å². The standard InChI is InChI=1S/C15H23N3OS/c1-10-4-5-12(11(2)8-10)16-9-13-14(19-3)17-15-18(13)6-7-20-15/h6-7,10-12,16H,4-5,8-9H2,1-3H3. The topological polar surface area (TPSA) is 38.6 Å². The second kappa shape index (κ2) is 5.74. The van der Waals surface area contributed by atoms with E-state index in [1.807, 2.05) is 0 Å². The van der Waals surface area contributed by atoms with Gasteiger partial charge in [-0.1, -0.05) is 13.8 Å². The fourth-order valence-corrected chi connectivity index (χ4v) is 4.06. The molecule has 0 radical (unpaired) electrons. The molecule has 3 atom stereocenters. The van der Waals surface area contributed by atoms with Crippen LogP contribution in [0.5, 0.6) is 5.88 Å². The van der Waals surface area contributed by atoms with E-state index in [1.54, 1.807) is 18.4 Å². The molecule has 2 aromatic rings. The predicted molar refractivity (Wildman–Crippen MR) is 82.4 cm³/mol. The Morgan fingerprint density at radius 2 is 2.30 bits per heavy atom. The maximum atomic E-state index is 5.41. The lowest BCUT2D eigenvalue weighted by Crippen LogP contribution is -2.38. The highest BCUT2D eigenvalue weighted by atomic mass is 32.1. The molecule has 110 valence electrons. The number of aromatic nitrogens is 2. The molecule has 0 saturated heterocycles. The van der Waals surface area contributed by atoms with E-state index in [-0.39, 0.29) is 0 Å². The number of thiazole rings is 1. The quantitative estimate of drug-likeness (QED) is 0.940. The fourth-order valence-electron chi connectivity index (χ4n) is 3.33. The summed E-state index contributed by atoms with van der Waals surface area (Å²) >= 11 is 1.64.